The van der Waals surface area contributed by atoms with Crippen molar-refractivity contribution in [3.8, 4) is 10.6 Å². The van der Waals surface area contributed by atoms with Gasteiger partial charge in [-0.3, -0.25) is 9.78 Å². The van der Waals surface area contributed by atoms with E-state index < -0.39 is 0 Å². The van der Waals surface area contributed by atoms with Crippen molar-refractivity contribution in [2.24, 2.45) is 5.10 Å². The lowest BCUT2D eigenvalue weighted by atomic mass is 10.1. The van der Waals surface area contributed by atoms with Crippen molar-refractivity contribution < 1.29 is 4.79 Å². The summed E-state index contributed by atoms with van der Waals surface area (Å²) >= 11 is 3.27. The number of carbonyl (C=O) groups excluding carboxylic acids is 1. The number of carbonyl (C=O) groups is 1. The fourth-order valence-corrected chi connectivity index (χ4v) is 4.72. The zero-order valence-corrected chi connectivity index (χ0v) is 16.3. The van der Waals surface area contributed by atoms with Crippen molar-refractivity contribution in [3.05, 3.63) is 52.5 Å². The molecule has 138 valence electrons. The normalized spacial score (nSPS) is 14.6. The van der Waals surface area contributed by atoms with E-state index in [2.05, 4.69) is 26.5 Å². The minimum absolute atomic E-state index is 0.328. The van der Waals surface area contributed by atoms with Gasteiger partial charge in [0.15, 0.2) is 5.13 Å². The van der Waals surface area contributed by atoms with Gasteiger partial charge >= 0.3 is 0 Å². The average Bonchev–Trinajstić information content (AvgIpc) is 3.39. The summed E-state index contributed by atoms with van der Waals surface area (Å²) < 4.78 is 0. The van der Waals surface area contributed by atoms with E-state index in [1.165, 1.54) is 19.3 Å². The number of hydrogen-bond donors (Lipinski definition) is 1. The number of pyridine rings is 1. The van der Waals surface area contributed by atoms with Gasteiger partial charge in [-0.2, -0.15) is 5.10 Å². The number of hydrogen-bond acceptors (Lipinski definition) is 7. The number of piperidine rings is 1. The molecule has 1 fully saturated rings. The summed E-state index contributed by atoms with van der Waals surface area (Å²) in [6.45, 7) is 2.09. The summed E-state index contributed by atoms with van der Waals surface area (Å²) in [6.07, 6.45) is 6.96. The third kappa shape index (κ3) is 4.23. The van der Waals surface area contributed by atoms with Crippen LogP contribution in [0.5, 0.6) is 0 Å². The van der Waals surface area contributed by atoms with Gasteiger partial charge in [-0.15, -0.1) is 11.3 Å². The van der Waals surface area contributed by atoms with E-state index in [0.717, 1.165) is 33.7 Å². The van der Waals surface area contributed by atoms with Gasteiger partial charge in [0.25, 0.3) is 5.91 Å². The van der Waals surface area contributed by atoms with Crippen LogP contribution in [0.15, 0.2) is 47.0 Å². The lowest BCUT2D eigenvalue weighted by Crippen LogP contribution is -2.29. The fourth-order valence-electron chi connectivity index (χ4n) is 2.92. The first-order valence-electron chi connectivity index (χ1n) is 8.85. The monoisotopic (exact) mass is 397 g/mol. The molecule has 4 rings (SSSR count). The maximum atomic E-state index is 12.1. The van der Waals surface area contributed by atoms with Gasteiger partial charge in [-0.05, 0) is 42.8 Å². The predicted molar refractivity (Wildman–Crippen MR) is 111 cm³/mol. The quantitative estimate of drug-likeness (QED) is 0.521. The van der Waals surface area contributed by atoms with Crippen molar-refractivity contribution in [2.45, 2.75) is 19.3 Å². The van der Waals surface area contributed by atoms with E-state index in [1.54, 1.807) is 53.3 Å². The van der Waals surface area contributed by atoms with Crippen LogP contribution in [0.4, 0.5) is 5.13 Å². The first-order chi connectivity index (χ1) is 13.3. The summed E-state index contributed by atoms with van der Waals surface area (Å²) in [5, 5.41) is 7.20. The number of amides is 1. The van der Waals surface area contributed by atoms with E-state index in [0.29, 0.717) is 5.69 Å². The van der Waals surface area contributed by atoms with Gasteiger partial charge in [0, 0.05) is 19.3 Å². The van der Waals surface area contributed by atoms with Crippen LogP contribution in [-0.4, -0.2) is 35.2 Å². The van der Waals surface area contributed by atoms with Crippen molar-refractivity contribution in [1.29, 1.82) is 0 Å². The molecule has 1 saturated heterocycles. The molecule has 6 nitrogen and oxygen atoms in total. The third-order valence-corrected chi connectivity index (χ3v) is 6.20. The number of aromatic nitrogens is 2. The Hall–Kier alpha value is -2.58. The molecule has 0 unspecified atom stereocenters. The lowest BCUT2D eigenvalue weighted by Gasteiger charge is -2.25. The minimum atomic E-state index is -0.328. The molecular formula is C19H19N5OS2. The number of nitrogens with zero attached hydrogens (tertiary/aromatic N) is 4. The van der Waals surface area contributed by atoms with Crippen LogP contribution in [-0.2, 0) is 0 Å². The molecule has 0 spiro atoms. The Morgan fingerprint density at radius 1 is 1.19 bits per heavy atom. The molecule has 3 aromatic heterocycles. The second kappa shape index (κ2) is 8.41. The van der Waals surface area contributed by atoms with Gasteiger partial charge in [0.05, 0.1) is 16.0 Å². The minimum Gasteiger partial charge on any atom is -0.348 e. The SMILES string of the molecule is O=C(NN=Cc1sc(N2CCCCC2)nc1-c1cccs1)c1ccccn1. The first-order valence-corrected chi connectivity index (χ1v) is 10.5. The maximum Gasteiger partial charge on any atom is 0.289 e. The summed E-state index contributed by atoms with van der Waals surface area (Å²) in [6, 6.07) is 9.28. The summed E-state index contributed by atoms with van der Waals surface area (Å²) in [5.41, 5.74) is 3.81. The molecule has 8 heteroatoms. The van der Waals surface area contributed by atoms with Crippen LogP contribution in [0.2, 0.25) is 0 Å². The number of anilines is 1. The van der Waals surface area contributed by atoms with E-state index in [4.69, 9.17) is 4.98 Å². The molecule has 1 amide bonds. The van der Waals surface area contributed by atoms with Crippen LogP contribution in [0.3, 0.4) is 0 Å². The molecule has 1 N–H and O–H groups in total. The Morgan fingerprint density at radius 2 is 2.07 bits per heavy atom. The number of hydrazone groups is 1. The highest BCUT2D eigenvalue weighted by Crippen LogP contribution is 2.35. The zero-order valence-electron chi connectivity index (χ0n) is 14.7. The second-order valence-corrected chi connectivity index (χ2v) is 8.11. The lowest BCUT2D eigenvalue weighted by molar-refractivity contribution is 0.0950. The van der Waals surface area contributed by atoms with Crippen LogP contribution >= 0.6 is 22.7 Å². The topological polar surface area (TPSA) is 70.5 Å². The van der Waals surface area contributed by atoms with Crippen molar-refractivity contribution in [1.82, 2.24) is 15.4 Å². The Bertz CT molecular complexity index is 915. The van der Waals surface area contributed by atoms with Gasteiger partial charge in [0.1, 0.15) is 11.4 Å². The van der Waals surface area contributed by atoms with E-state index in [9.17, 15) is 4.79 Å². The molecule has 27 heavy (non-hydrogen) atoms. The molecule has 0 atom stereocenters. The third-order valence-electron chi connectivity index (χ3n) is 4.27. The average molecular weight is 398 g/mol. The Labute approximate surface area is 165 Å². The summed E-state index contributed by atoms with van der Waals surface area (Å²) in [5.74, 6) is -0.328. The Balaban J connectivity index is 1.55. The highest BCUT2D eigenvalue weighted by molar-refractivity contribution is 7.18. The van der Waals surface area contributed by atoms with Crippen molar-refractivity contribution >= 4 is 39.9 Å². The molecule has 0 bridgehead atoms. The second-order valence-electron chi connectivity index (χ2n) is 6.15. The first kappa shape index (κ1) is 17.8. The molecule has 0 aromatic carbocycles. The molecule has 0 aliphatic carbocycles. The summed E-state index contributed by atoms with van der Waals surface area (Å²) in [7, 11) is 0. The van der Waals surface area contributed by atoms with Gasteiger partial charge in [0.2, 0.25) is 0 Å². The molecule has 0 radical (unpaired) electrons. The highest BCUT2D eigenvalue weighted by Gasteiger charge is 2.19. The number of rotatable bonds is 5. The molecule has 4 heterocycles. The predicted octanol–water partition coefficient (Wildman–Crippen LogP) is 4.02. The van der Waals surface area contributed by atoms with Crippen LogP contribution < -0.4 is 10.3 Å². The van der Waals surface area contributed by atoms with E-state index in [-0.39, 0.29) is 5.91 Å². The zero-order chi connectivity index (χ0) is 18.5. The molecule has 1 aliphatic heterocycles. The smallest absolute Gasteiger partial charge is 0.289 e. The number of thiophene rings is 1. The van der Waals surface area contributed by atoms with Crippen LogP contribution in [0, 0.1) is 0 Å². The van der Waals surface area contributed by atoms with Gasteiger partial charge < -0.3 is 4.90 Å². The fraction of sp³-hybridized carbons (Fsp3) is 0.263. The highest BCUT2D eigenvalue weighted by atomic mass is 32.1. The molecular weight excluding hydrogens is 378 g/mol. The van der Waals surface area contributed by atoms with Crippen molar-refractivity contribution in [3.63, 3.8) is 0 Å². The largest absolute Gasteiger partial charge is 0.348 e. The van der Waals surface area contributed by atoms with Crippen molar-refractivity contribution in [2.75, 3.05) is 18.0 Å². The van der Waals surface area contributed by atoms with E-state index in [1.807, 2.05) is 11.4 Å². The summed E-state index contributed by atoms with van der Waals surface area (Å²) in [4.78, 5) is 25.4. The van der Waals surface area contributed by atoms with E-state index >= 15 is 0 Å². The maximum absolute atomic E-state index is 12.1. The molecule has 0 saturated carbocycles. The molecule has 3 aromatic rings. The van der Waals surface area contributed by atoms with Gasteiger partial charge in [-0.25, -0.2) is 10.4 Å². The van der Waals surface area contributed by atoms with Crippen LogP contribution in [0.1, 0.15) is 34.6 Å². The standard InChI is InChI=1S/C19H19N5OS2/c25-18(14-7-2-3-9-20-14)23-21-13-16-17(15-8-6-12-26-15)22-19(27-16)24-10-4-1-5-11-24/h2-3,6-9,12-13H,1,4-5,10-11H2,(H,23,25). The van der Waals surface area contributed by atoms with Crippen LogP contribution in [0.25, 0.3) is 10.6 Å². The number of nitrogens with one attached hydrogen (secondary N) is 1. The molecule has 1 aliphatic rings. The number of thiazole rings is 1. The Kier molecular flexibility index (Phi) is 5.55. The van der Waals surface area contributed by atoms with Gasteiger partial charge in [-0.1, -0.05) is 23.5 Å². The Morgan fingerprint density at radius 3 is 2.81 bits per heavy atom.